The summed E-state index contributed by atoms with van der Waals surface area (Å²) in [6.07, 6.45) is 1.64. The number of ether oxygens (including phenoxy) is 1. The molecule has 132 valence electrons. The fraction of sp³-hybridized carbons (Fsp3) is 0.100. The molecule has 1 heterocycles. The summed E-state index contributed by atoms with van der Waals surface area (Å²) in [6, 6.07) is 16.3. The van der Waals surface area contributed by atoms with Crippen molar-refractivity contribution in [1.29, 1.82) is 0 Å². The van der Waals surface area contributed by atoms with Gasteiger partial charge in [0.15, 0.2) is 0 Å². The van der Waals surface area contributed by atoms with Gasteiger partial charge in [0.1, 0.15) is 11.6 Å². The molecule has 0 aliphatic carbocycles. The number of aryl methyl sites for hydroxylation is 1. The number of carbonyl (C=O) groups excluding carboxylic acids is 1. The van der Waals surface area contributed by atoms with Gasteiger partial charge in [-0.3, -0.25) is 4.79 Å². The highest BCUT2D eigenvalue weighted by Crippen LogP contribution is 2.24. The van der Waals surface area contributed by atoms with E-state index in [2.05, 4.69) is 15.6 Å². The van der Waals surface area contributed by atoms with E-state index in [1.807, 2.05) is 37.3 Å². The van der Waals surface area contributed by atoms with Crippen LogP contribution >= 0.6 is 11.6 Å². The number of rotatable bonds is 5. The van der Waals surface area contributed by atoms with Crippen molar-refractivity contribution in [2.24, 2.45) is 0 Å². The van der Waals surface area contributed by atoms with E-state index in [-0.39, 0.29) is 5.91 Å². The molecule has 1 aromatic heterocycles. The smallest absolute Gasteiger partial charge is 0.260 e. The third-order valence-electron chi connectivity index (χ3n) is 3.82. The molecule has 0 radical (unpaired) electrons. The van der Waals surface area contributed by atoms with Crippen molar-refractivity contribution in [2.45, 2.75) is 6.92 Å². The lowest BCUT2D eigenvalue weighted by molar-refractivity contribution is 0.102. The van der Waals surface area contributed by atoms with Gasteiger partial charge in [0.2, 0.25) is 0 Å². The van der Waals surface area contributed by atoms with Crippen molar-refractivity contribution in [2.75, 3.05) is 17.7 Å². The lowest BCUT2D eigenvalue weighted by atomic mass is 10.2. The summed E-state index contributed by atoms with van der Waals surface area (Å²) in [7, 11) is 1.53. The summed E-state index contributed by atoms with van der Waals surface area (Å²) in [5.41, 5.74) is 3.13. The fourth-order valence-corrected chi connectivity index (χ4v) is 2.58. The highest BCUT2D eigenvalue weighted by molar-refractivity contribution is 6.31. The zero-order chi connectivity index (χ0) is 18.5. The van der Waals surface area contributed by atoms with Crippen LogP contribution in [0.5, 0.6) is 5.75 Å². The van der Waals surface area contributed by atoms with Crippen molar-refractivity contribution in [3.63, 3.8) is 0 Å². The number of nitrogens with zero attached hydrogens (tertiary/aromatic N) is 1. The number of amides is 1. The Morgan fingerprint density at radius 3 is 2.54 bits per heavy atom. The van der Waals surface area contributed by atoms with Crippen LogP contribution in [-0.4, -0.2) is 18.0 Å². The molecule has 26 heavy (non-hydrogen) atoms. The number of anilines is 3. The Morgan fingerprint density at radius 2 is 1.85 bits per heavy atom. The van der Waals surface area contributed by atoms with Gasteiger partial charge in [-0.25, -0.2) is 4.98 Å². The molecule has 0 saturated carbocycles. The number of hydrogen-bond donors (Lipinski definition) is 2. The number of carbonyl (C=O) groups is 1. The van der Waals surface area contributed by atoms with E-state index in [1.54, 1.807) is 30.5 Å². The zero-order valence-corrected chi connectivity index (χ0v) is 15.2. The fourth-order valence-electron chi connectivity index (χ4n) is 2.39. The molecular weight excluding hydrogens is 350 g/mol. The molecule has 0 fully saturated rings. The molecule has 3 aromatic rings. The Hall–Kier alpha value is -3.05. The average Bonchev–Trinajstić information content (AvgIpc) is 2.66. The second-order valence-corrected chi connectivity index (χ2v) is 6.08. The zero-order valence-electron chi connectivity index (χ0n) is 14.4. The number of benzene rings is 2. The second-order valence-electron chi connectivity index (χ2n) is 5.68. The molecule has 0 unspecified atom stereocenters. The molecule has 5 nitrogen and oxygen atoms in total. The Bertz CT molecular complexity index is 927. The molecule has 2 N–H and O–H groups in total. The van der Waals surface area contributed by atoms with Gasteiger partial charge in [0.05, 0.1) is 24.6 Å². The minimum absolute atomic E-state index is 0.277. The van der Waals surface area contributed by atoms with Gasteiger partial charge in [0.25, 0.3) is 5.91 Å². The van der Waals surface area contributed by atoms with Gasteiger partial charge >= 0.3 is 0 Å². The van der Waals surface area contributed by atoms with Gasteiger partial charge in [-0.1, -0.05) is 29.8 Å². The van der Waals surface area contributed by atoms with Gasteiger partial charge in [-0.15, -0.1) is 0 Å². The number of methoxy groups -OCH3 is 1. The molecule has 0 atom stereocenters. The maximum absolute atomic E-state index is 12.4. The summed E-state index contributed by atoms with van der Waals surface area (Å²) in [6.45, 7) is 1.95. The Labute approximate surface area is 157 Å². The lowest BCUT2D eigenvalue weighted by Gasteiger charge is -2.10. The Balaban J connectivity index is 1.69. The van der Waals surface area contributed by atoms with Crippen LogP contribution in [0.2, 0.25) is 5.02 Å². The standard InChI is InChI=1S/C20H18ClN3O2/c1-13-7-8-14(11-17(13)21)23-15-9-10-19(22-12-15)24-20(25)16-5-3-4-6-18(16)26-2/h3-12,23H,1-2H3,(H,22,24,25). The van der Waals surface area contributed by atoms with E-state index in [0.29, 0.717) is 22.2 Å². The third-order valence-corrected chi connectivity index (χ3v) is 4.22. The lowest BCUT2D eigenvalue weighted by Crippen LogP contribution is -2.14. The van der Waals surface area contributed by atoms with E-state index < -0.39 is 0 Å². The van der Waals surface area contributed by atoms with Gasteiger partial charge in [0, 0.05) is 10.7 Å². The molecule has 0 bridgehead atoms. The van der Waals surface area contributed by atoms with Crippen molar-refractivity contribution < 1.29 is 9.53 Å². The highest BCUT2D eigenvalue weighted by Gasteiger charge is 2.12. The first-order valence-electron chi connectivity index (χ1n) is 8.00. The number of aromatic nitrogens is 1. The van der Waals surface area contributed by atoms with Crippen LogP contribution in [0.1, 0.15) is 15.9 Å². The first-order chi connectivity index (χ1) is 12.6. The average molecular weight is 368 g/mol. The maximum atomic E-state index is 12.4. The molecule has 0 spiro atoms. The van der Waals surface area contributed by atoms with Crippen molar-refractivity contribution in [3.8, 4) is 5.75 Å². The predicted octanol–water partition coefficient (Wildman–Crippen LogP) is 5.05. The Morgan fingerprint density at radius 1 is 1.08 bits per heavy atom. The second kappa shape index (κ2) is 7.89. The van der Waals surface area contributed by atoms with E-state index >= 15 is 0 Å². The molecule has 2 aromatic carbocycles. The molecule has 0 saturated heterocycles. The van der Waals surface area contributed by atoms with E-state index in [9.17, 15) is 4.79 Å². The number of hydrogen-bond acceptors (Lipinski definition) is 4. The molecular formula is C20H18ClN3O2. The highest BCUT2D eigenvalue weighted by atomic mass is 35.5. The topological polar surface area (TPSA) is 63.2 Å². The monoisotopic (exact) mass is 367 g/mol. The molecule has 3 rings (SSSR count). The van der Waals surface area contributed by atoms with Crippen LogP contribution in [-0.2, 0) is 0 Å². The predicted molar refractivity (Wildman–Crippen MR) is 105 cm³/mol. The summed E-state index contributed by atoms with van der Waals surface area (Å²) >= 11 is 6.13. The minimum atomic E-state index is -0.277. The van der Waals surface area contributed by atoms with E-state index in [0.717, 1.165) is 16.9 Å². The largest absolute Gasteiger partial charge is 0.496 e. The van der Waals surface area contributed by atoms with Crippen LogP contribution in [0, 0.1) is 6.92 Å². The van der Waals surface area contributed by atoms with Crippen LogP contribution in [0.15, 0.2) is 60.8 Å². The van der Waals surface area contributed by atoms with Crippen LogP contribution in [0.3, 0.4) is 0 Å². The number of para-hydroxylation sites is 1. The molecule has 0 aliphatic rings. The molecule has 0 aliphatic heterocycles. The first kappa shape index (κ1) is 17.8. The number of nitrogens with one attached hydrogen (secondary N) is 2. The summed E-state index contributed by atoms with van der Waals surface area (Å²) in [4.78, 5) is 16.6. The van der Waals surface area contributed by atoms with Crippen molar-refractivity contribution in [1.82, 2.24) is 4.98 Å². The van der Waals surface area contributed by atoms with Gasteiger partial charge in [-0.05, 0) is 48.9 Å². The minimum Gasteiger partial charge on any atom is -0.496 e. The van der Waals surface area contributed by atoms with Crippen LogP contribution < -0.4 is 15.4 Å². The number of halogens is 1. The quantitative estimate of drug-likeness (QED) is 0.662. The summed E-state index contributed by atoms with van der Waals surface area (Å²) in [5.74, 6) is 0.689. The van der Waals surface area contributed by atoms with Gasteiger partial charge < -0.3 is 15.4 Å². The first-order valence-corrected chi connectivity index (χ1v) is 8.38. The van der Waals surface area contributed by atoms with Gasteiger partial charge in [-0.2, -0.15) is 0 Å². The summed E-state index contributed by atoms with van der Waals surface area (Å²) in [5, 5.41) is 6.68. The molecule has 6 heteroatoms. The van der Waals surface area contributed by atoms with Crippen LogP contribution in [0.4, 0.5) is 17.2 Å². The van der Waals surface area contributed by atoms with E-state index in [4.69, 9.17) is 16.3 Å². The SMILES string of the molecule is COc1ccccc1C(=O)Nc1ccc(Nc2ccc(C)c(Cl)c2)cn1. The maximum Gasteiger partial charge on any atom is 0.260 e. The summed E-state index contributed by atoms with van der Waals surface area (Å²) < 4.78 is 5.21. The van der Waals surface area contributed by atoms with E-state index in [1.165, 1.54) is 7.11 Å². The molecule has 1 amide bonds. The van der Waals surface area contributed by atoms with Crippen molar-refractivity contribution >= 4 is 34.7 Å². The number of pyridine rings is 1. The Kier molecular flexibility index (Phi) is 5.39. The third kappa shape index (κ3) is 4.13. The van der Waals surface area contributed by atoms with Crippen LogP contribution in [0.25, 0.3) is 0 Å². The normalized spacial score (nSPS) is 10.3. The van der Waals surface area contributed by atoms with Crippen molar-refractivity contribution in [3.05, 3.63) is 76.9 Å².